The fraction of sp³-hybridized carbons (Fsp3) is 0.259. The van der Waals surface area contributed by atoms with Crippen LogP contribution in [0.5, 0.6) is 34.5 Å². The summed E-state index contributed by atoms with van der Waals surface area (Å²) >= 11 is 0. The van der Waals surface area contributed by atoms with Crippen molar-refractivity contribution in [2.45, 2.75) is 20.3 Å². The molecule has 0 unspecified atom stereocenters. The van der Waals surface area contributed by atoms with Crippen molar-refractivity contribution in [1.29, 1.82) is 0 Å². The van der Waals surface area contributed by atoms with E-state index in [9.17, 15) is 10.2 Å². The molecule has 172 valence electrons. The Morgan fingerprint density at radius 3 is 1.33 bits per heavy atom. The Bertz CT molecular complexity index is 1270. The summed E-state index contributed by atoms with van der Waals surface area (Å²) in [5.74, 6) is 2.59. The smallest absolute Gasteiger partial charge is 0.131 e. The fourth-order valence-electron chi connectivity index (χ4n) is 4.74. The summed E-state index contributed by atoms with van der Waals surface area (Å²) < 4.78 is 22.5. The van der Waals surface area contributed by atoms with Crippen molar-refractivity contribution in [2.24, 2.45) is 0 Å². The lowest BCUT2D eigenvalue weighted by molar-refractivity contribution is 0.405. The van der Waals surface area contributed by atoms with E-state index in [1.165, 1.54) is 0 Å². The minimum absolute atomic E-state index is 0.0960. The highest BCUT2D eigenvalue weighted by atomic mass is 16.5. The first-order valence-corrected chi connectivity index (χ1v) is 10.6. The second-order valence-electron chi connectivity index (χ2n) is 7.91. The largest absolute Gasteiger partial charge is 0.507 e. The van der Waals surface area contributed by atoms with Gasteiger partial charge in [-0.05, 0) is 37.1 Å². The van der Waals surface area contributed by atoms with Gasteiger partial charge in [0.05, 0.1) is 39.2 Å². The summed E-state index contributed by atoms with van der Waals surface area (Å²) in [7, 11) is 6.34. The van der Waals surface area contributed by atoms with Gasteiger partial charge in [-0.2, -0.15) is 0 Å². The Hall–Kier alpha value is -3.80. The summed E-state index contributed by atoms with van der Waals surface area (Å²) in [6, 6.07) is 11.1. The van der Waals surface area contributed by atoms with Gasteiger partial charge in [-0.15, -0.1) is 0 Å². The molecule has 0 radical (unpaired) electrons. The molecule has 4 aromatic rings. The van der Waals surface area contributed by atoms with Crippen molar-refractivity contribution in [3.8, 4) is 34.5 Å². The maximum atomic E-state index is 11.4. The minimum Gasteiger partial charge on any atom is -0.507 e. The number of fused-ring (bicyclic) bond motifs is 2. The molecule has 0 saturated carbocycles. The van der Waals surface area contributed by atoms with E-state index in [1.54, 1.807) is 40.6 Å². The van der Waals surface area contributed by atoms with Gasteiger partial charge >= 0.3 is 0 Å². The van der Waals surface area contributed by atoms with Crippen LogP contribution in [0.3, 0.4) is 0 Å². The van der Waals surface area contributed by atoms with Gasteiger partial charge in [-0.1, -0.05) is 24.3 Å². The first-order valence-electron chi connectivity index (χ1n) is 10.6. The first kappa shape index (κ1) is 22.4. The molecule has 0 aromatic heterocycles. The standard InChI is InChI=1S/C27H28O6/c1-14-18(24(28)22-16(26(14)32-5)9-7-11-20(22)30-3)13-19-15(2)27(33-6)17-10-8-12-21(31-4)23(17)25(19)29/h7-12,28-29H,13H2,1-6H3. The van der Waals surface area contributed by atoms with Crippen LogP contribution in [0.1, 0.15) is 22.3 Å². The van der Waals surface area contributed by atoms with Crippen molar-refractivity contribution in [3.05, 3.63) is 58.7 Å². The van der Waals surface area contributed by atoms with Crippen LogP contribution in [0.25, 0.3) is 21.5 Å². The van der Waals surface area contributed by atoms with E-state index < -0.39 is 0 Å². The Morgan fingerprint density at radius 2 is 1.00 bits per heavy atom. The average Bonchev–Trinajstić information content (AvgIpc) is 2.83. The number of phenolic OH excluding ortho intramolecular Hbond substituents is 2. The highest BCUT2D eigenvalue weighted by Crippen LogP contribution is 2.48. The van der Waals surface area contributed by atoms with E-state index >= 15 is 0 Å². The van der Waals surface area contributed by atoms with Crippen molar-refractivity contribution in [3.63, 3.8) is 0 Å². The van der Waals surface area contributed by atoms with Gasteiger partial charge < -0.3 is 29.2 Å². The molecular formula is C27H28O6. The zero-order valence-electron chi connectivity index (χ0n) is 19.7. The maximum Gasteiger partial charge on any atom is 0.131 e. The molecule has 0 aliphatic rings. The van der Waals surface area contributed by atoms with Crippen LogP contribution in [0.2, 0.25) is 0 Å². The number of ether oxygens (including phenoxy) is 4. The van der Waals surface area contributed by atoms with Gasteiger partial charge in [-0.25, -0.2) is 0 Å². The molecule has 0 atom stereocenters. The number of hydrogen-bond donors (Lipinski definition) is 2. The zero-order valence-corrected chi connectivity index (χ0v) is 19.7. The van der Waals surface area contributed by atoms with Crippen LogP contribution < -0.4 is 18.9 Å². The number of benzene rings is 4. The SMILES string of the molecule is COc1c(C)c(Cc2c(C)c(OC)c3cccc(OC)c3c2O)c(O)c2c(OC)cccc12. The van der Waals surface area contributed by atoms with E-state index in [2.05, 4.69) is 0 Å². The number of methoxy groups -OCH3 is 4. The lowest BCUT2D eigenvalue weighted by atomic mass is 9.89. The van der Waals surface area contributed by atoms with Gasteiger partial charge in [0.1, 0.15) is 34.5 Å². The lowest BCUT2D eigenvalue weighted by Crippen LogP contribution is -2.03. The molecule has 0 amide bonds. The molecule has 0 aliphatic carbocycles. The molecule has 6 heteroatoms. The number of rotatable bonds is 6. The molecule has 6 nitrogen and oxygen atoms in total. The molecule has 0 heterocycles. The predicted molar refractivity (Wildman–Crippen MR) is 130 cm³/mol. The Kier molecular flexibility index (Phi) is 5.85. The third-order valence-electron chi connectivity index (χ3n) is 6.38. The van der Waals surface area contributed by atoms with E-state index in [-0.39, 0.29) is 17.9 Å². The Morgan fingerprint density at radius 1 is 0.606 bits per heavy atom. The molecule has 33 heavy (non-hydrogen) atoms. The van der Waals surface area contributed by atoms with Crippen LogP contribution in [0.4, 0.5) is 0 Å². The highest BCUT2D eigenvalue weighted by molar-refractivity contribution is 6.02. The predicted octanol–water partition coefficient (Wildman–Crippen LogP) is 5.65. The second-order valence-corrected chi connectivity index (χ2v) is 7.91. The van der Waals surface area contributed by atoms with Crippen LogP contribution in [-0.2, 0) is 6.42 Å². The van der Waals surface area contributed by atoms with E-state index in [4.69, 9.17) is 18.9 Å². The van der Waals surface area contributed by atoms with Gasteiger partial charge in [0, 0.05) is 28.3 Å². The van der Waals surface area contributed by atoms with Crippen molar-refractivity contribution in [1.82, 2.24) is 0 Å². The summed E-state index contributed by atoms with van der Waals surface area (Å²) in [6.45, 7) is 3.80. The molecule has 4 aromatic carbocycles. The van der Waals surface area contributed by atoms with E-state index in [0.717, 1.165) is 21.9 Å². The Labute approximate surface area is 192 Å². The third-order valence-corrected chi connectivity index (χ3v) is 6.38. The Balaban J connectivity index is 2.06. The summed E-state index contributed by atoms with van der Waals surface area (Å²) in [5, 5.41) is 25.4. The minimum atomic E-state index is 0.0960. The average molecular weight is 449 g/mol. The number of phenols is 2. The summed E-state index contributed by atoms with van der Waals surface area (Å²) in [6.07, 6.45) is 0.254. The van der Waals surface area contributed by atoms with E-state index in [1.807, 2.05) is 38.1 Å². The molecule has 0 spiro atoms. The van der Waals surface area contributed by atoms with Crippen LogP contribution in [-0.4, -0.2) is 38.7 Å². The van der Waals surface area contributed by atoms with Gasteiger partial charge in [0.2, 0.25) is 0 Å². The summed E-state index contributed by atoms with van der Waals surface area (Å²) in [4.78, 5) is 0. The van der Waals surface area contributed by atoms with Crippen molar-refractivity contribution in [2.75, 3.05) is 28.4 Å². The molecule has 2 N–H and O–H groups in total. The zero-order chi connectivity index (χ0) is 23.9. The number of hydrogen-bond acceptors (Lipinski definition) is 6. The monoisotopic (exact) mass is 448 g/mol. The van der Waals surface area contributed by atoms with Crippen LogP contribution in [0.15, 0.2) is 36.4 Å². The normalized spacial score (nSPS) is 11.1. The fourth-order valence-corrected chi connectivity index (χ4v) is 4.74. The highest BCUT2D eigenvalue weighted by Gasteiger charge is 2.25. The second kappa shape index (κ2) is 8.62. The molecule has 0 saturated heterocycles. The quantitative estimate of drug-likeness (QED) is 0.397. The molecule has 4 rings (SSSR count). The lowest BCUT2D eigenvalue weighted by Gasteiger charge is -2.21. The van der Waals surface area contributed by atoms with Gasteiger partial charge in [-0.3, -0.25) is 0 Å². The molecular weight excluding hydrogens is 420 g/mol. The van der Waals surface area contributed by atoms with Crippen LogP contribution in [0, 0.1) is 13.8 Å². The van der Waals surface area contributed by atoms with Crippen molar-refractivity contribution >= 4 is 21.5 Å². The number of aromatic hydroxyl groups is 2. The first-order chi connectivity index (χ1) is 15.9. The van der Waals surface area contributed by atoms with Gasteiger partial charge in [0.25, 0.3) is 0 Å². The maximum absolute atomic E-state index is 11.4. The van der Waals surface area contributed by atoms with Crippen LogP contribution >= 0.6 is 0 Å². The molecule has 0 fully saturated rings. The van der Waals surface area contributed by atoms with Gasteiger partial charge in [0.15, 0.2) is 0 Å². The van der Waals surface area contributed by atoms with Crippen molar-refractivity contribution < 1.29 is 29.2 Å². The van der Waals surface area contributed by atoms with E-state index in [0.29, 0.717) is 44.9 Å². The molecule has 0 aliphatic heterocycles. The molecule has 0 bridgehead atoms. The topological polar surface area (TPSA) is 77.4 Å². The summed E-state index contributed by atoms with van der Waals surface area (Å²) in [5.41, 5.74) is 2.85. The third kappa shape index (κ3) is 3.33.